The van der Waals surface area contributed by atoms with Crippen molar-refractivity contribution in [3.8, 4) is 11.5 Å². The zero-order chi connectivity index (χ0) is 36.4. The molecule has 5 rings (SSSR count). The number of pyridine rings is 1. The van der Waals surface area contributed by atoms with Gasteiger partial charge in [-0.15, -0.1) is 0 Å². The number of ether oxygens (including phenoxy) is 2. The van der Waals surface area contributed by atoms with Crippen LogP contribution in [0.3, 0.4) is 0 Å². The fraction of sp³-hybridized carbons (Fsp3) is 0.429. The summed E-state index contributed by atoms with van der Waals surface area (Å²) in [7, 11) is 0. The second-order valence-corrected chi connectivity index (χ2v) is 15.1. The molecule has 11 nitrogen and oxygen atoms in total. The summed E-state index contributed by atoms with van der Waals surface area (Å²) in [6, 6.07) is 12.4. The standard InChI is InChI=1S/C35H39Cl4N5O6/c1-33(2,49-27-8-6-21(36)15-25(27)38)31(47)42-23-17-24-11-12-35(18-23,44(24)29-10-5-20(19-41-29)30(46)40-13-14-45)43-32(48)34(3,4)50-28-9-7-22(37)16-26(28)39/h5-10,15-16,19,23-24,45H,11-14,17-18H2,1-4H3,(H,40,46)(H,42,47)(H,43,48). The van der Waals surface area contributed by atoms with Crippen LogP contribution in [0.1, 0.15) is 63.7 Å². The molecule has 3 heterocycles. The van der Waals surface area contributed by atoms with Gasteiger partial charge in [0.25, 0.3) is 17.7 Å². The summed E-state index contributed by atoms with van der Waals surface area (Å²) < 4.78 is 12.2. The van der Waals surface area contributed by atoms with E-state index in [2.05, 4.69) is 25.8 Å². The number of anilines is 1. The van der Waals surface area contributed by atoms with Crippen molar-refractivity contribution in [2.45, 2.75) is 82.3 Å². The predicted molar refractivity (Wildman–Crippen MR) is 194 cm³/mol. The Bertz CT molecular complexity index is 1760. The van der Waals surface area contributed by atoms with Crippen molar-refractivity contribution in [2.75, 3.05) is 18.1 Å². The molecule has 3 atom stereocenters. The number of hydrogen-bond donors (Lipinski definition) is 4. The molecule has 0 spiro atoms. The van der Waals surface area contributed by atoms with Gasteiger partial charge < -0.3 is 35.4 Å². The monoisotopic (exact) mass is 765 g/mol. The normalized spacial score (nSPS) is 20.2. The first-order valence-electron chi connectivity index (χ1n) is 16.1. The second-order valence-electron chi connectivity index (χ2n) is 13.4. The Morgan fingerprint density at radius 3 is 2.06 bits per heavy atom. The lowest BCUT2D eigenvalue weighted by Crippen LogP contribution is -2.68. The Balaban J connectivity index is 1.41. The van der Waals surface area contributed by atoms with Gasteiger partial charge in [-0.25, -0.2) is 4.98 Å². The molecule has 3 amide bonds. The Labute approximate surface area is 310 Å². The van der Waals surface area contributed by atoms with Crippen molar-refractivity contribution < 1.29 is 29.0 Å². The van der Waals surface area contributed by atoms with Crippen LogP contribution in [0.15, 0.2) is 54.7 Å². The number of amides is 3. The van der Waals surface area contributed by atoms with Gasteiger partial charge >= 0.3 is 0 Å². The van der Waals surface area contributed by atoms with Crippen LogP contribution in [0, 0.1) is 0 Å². The lowest BCUT2D eigenvalue weighted by atomic mass is 9.90. The van der Waals surface area contributed by atoms with Crippen molar-refractivity contribution in [3.63, 3.8) is 0 Å². The second kappa shape index (κ2) is 15.0. The van der Waals surface area contributed by atoms with Gasteiger partial charge in [-0.05, 0) is 95.5 Å². The van der Waals surface area contributed by atoms with Gasteiger partial charge in [0.1, 0.15) is 23.0 Å². The molecular formula is C35H39Cl4N5O6. The summed E-state index contributed by atoms with van der Waals surface area (Å²) in [5, 5.41) is 19.5. The molecule has 3 unspecified atom stereocenters. The molecular weight excluding hydrogens is 728 g/mol. The van der Waals surface area contributed by atoms with Crippen molar-refractivity contribution in [3.05, 3.63) is 80.4 Å². The van der Waals surface area contributed by atoms with Crippen LogP contribution in [0.5, 0.6) is 11.5 Å². The number of nitrogens with zero attached hydrogens (tertiary/aromatic N) is 2. The van der Waals surface area contributed by atoms with E-state index in [1.807, 2.05) is 0 Å². The number of aliphatic hydroxyl groups is 1. The molecule has 50 heavy (non-hydrogen) atoms. The highest BCUT2D eigenvalue weighted by Gasteiger charge is 2.55. The molecule has 4 N–H and O–H groups in total. The molecule has 15 heteroatoms. The largest absolute Gasteiger partial charge is 0.476 e. The van der Waals surface area contributed by atoms with Gasteiger partial charge in [-0.2, -0.15) is 0 Å². The molecule has 2 saturated heterocycles. The molecule has 0 radical (unpaired) electrons. The first-order chi connectivity index (χ1) is 23.5. The quantitative estimate of drug-likeness (QED) is 0.171. The van der Waals surface area contributed by atoms with E-state index in [1.54, 1.807) is 70.2 Å². The highest BCUT2D eigenvalue weighted by molar-refractivity contribution is 6.36. The molecule has 1 aromatic heterocycles. The number of fused-ring (bicyclic) bond motifs is 2. The molecule has 2 aliphatic rings. The Hall–Kier alpha value is -3.48. The number of nitrogens with one attached hydrogen (secondary N) is 3. The molecule has 0 saturated carbocycles. The van der Waals surface area contributed by atoms with Crippen LogP contribution in [0.25, 0.3) is 0 Å². The highest BCUT2D eigenvalue weighted by Crippen LogP contribution is 2.45. The van der Waals surface area contributed by atoms with E-state index in [-0.39, 0.29) is 47.1 Å². The molecule has 0 aliphatic carbocycles. The molecule has 3 aromatic rings. The van der Waals surface area contributed by atoms with E-state index < -0.39 is 22.8 Å². The summed E-state index contributed by atoms with van der Waals surface area (Å²) in [5.74, 6) is 0.0232. The molecule has 2 bridgehead atoms. The van der Waals surface area contributed by atoms with Gasteiger partial charge in [0.05, 0.1) is 22.2 Å². The number of benzene rings is 2. The third kappa shape index (κ3) is 8.35. The Morgan fingerprint density at radius 1 is 0.920 bits per heavy atom. The lowest BCUT2D eigenvalue weighted by Gasteiger charge is -2.49. The maximum atomic E-state index is 14.1. The SMILES string of the molecule is CC(C)(Oc1ccc(Cl)cc1Cl)C(=O)NC1CC2CCC(NC(=O)C(C)(C)Oc3ccc(Cl)cc3Cl)(C1)N2c1ccc(C(=O)NCCO)cn1. The minimum atomic E-state index is -1.37. The maximum Gasteiger partial charge on any atom is 0.265 e. The van der Waals surface area contributed by atoms with Crippen LogP contribution >= 0.6 is 46.4 Å². The summed E-state index contributed by atoms with van der Waals surface area (Å²) in [6.07, 6.45) is 3.59. The smallest absolute Gasteiger partial charge is 0.265 e. The lowest BCUT2D eigenvalue weighted by molar-refractivity contribution is -0.137. The molecule has 268 valence electrons. The predicted octanol–water partition coefficient (Wildman–Crippen LogP) is 6.19. The minimum absolute atomic E-state index is 0.116. The van der Waals surface area contributed by atoms with Gasteiger partial charge in [-0.3, -0.25) is 14.4 Å². The molecule has 2 aromatic carbocycles. The molecule has 2 aliphatic heterocycles. The minimum Gasteiger partial charge on any atom is -0.476 e. The number of piperidine rings is 1. The summed E-state index contributed by atoms with van der Waals surface area (Å²) in [6.45, 7) is 6.52. The fourth-order valence-electron chi connectivity index (χ4n) is 6.35. The number of rotatable bonds is 12. The van der Waals surface area contributed by atoms with Crippen molar-refractivity contribution in [2.24, 2.45) is 0 Å². The van der Waals surface area contributed by atoms with Gasteiger partial charge in [-0.1, -0.05) is 46.4 Å². The van der Waals surface area contributed by atoms with Crippen LogP contribution in [0.2, 0.25) is 20.1 Å². The zero-order valence-electron chi connectivity index (χ0n) is 28.0. The van der Waals surface area contributed by atoms with E-state index in [4.69, 9.17) is 61.0 Å². The number of halogens is 4. The number of aromatic nitrogens is 1. The summed E-state index contributed by atoms with van der Waals surface area (Å²) in [4.78, 5) is 47.0. The van der Waals surface area contributed by atoms with Crippen LogP contribution in [-0.4, -0.2) is 69.9 Å². The highest BCUT2D eigenvalue weighted by atomic mass is 35.5. The van der Waals surface area contributed by atoms with Crippen molar-refractivity contribution >= 4 is 69.9 Å². The van der Waals surface area contributed by atoms with Gasteiger partial charge in [0.2, 0.25) is 0 Å². The van der Waals surface area contributed by atoms with Gasteiger partial charge in [0.15, 0.2) is 11.2 Å². The van der Waals surface area contributed by atoms with Crippen LogP contribution < -0.4 is 30.3 Å². The topological polar surface area (TPSA) is 142 Å². The van der Waals surface area contributed by atoms with Crippen LogP contribution in [-0.2, 0) is 9.59 Å². The number of hydrogen-bond acceptors (Lipinski definition) is 8. The third-order valence-corrected chi connectivity index (χ3v) is 9.87. The van der Waals surface area contributed by atoms with E-state index >= 15 is 0 Å². The average molecular weight is 768 g/mol. The Kier molecular flexibility index (Phi) is 11.3. The van der Waals surface area contributed by atoms with E-state index in [0.29, 0.717) is 58.6 Å². The van der Waals surface area contributed by atoms with E-state index in [1.165, 1.54) is 12.3 Å². The Morgan fingerprint density at radius 2 is 1.52 bits per heavy atom. The van der Waals surface area contributed by atoms with Crippen molar-refractivity contribution in [1.82, 2.24) is 20.9 Å². The van der Waals surface area contributed by atoms with Gasteiger partial charge in [0, 0.05) is 41.3 Å². The summed E-state index contributed by atoms with van der Waals surface area (Å²) >= 11 is 24.8. The van der Waals surface area contributed by atoms with Crippen molar-refractivity contribution in [1.29, 1.82) is 0 Å². The van der Waals surface area contributed by atoms with E-state index in [0.717, 1.165) is 0 Å². The number of aliphatic hydroxyl groups excluding tert-OH is 1. The zero-order valence-corrected chi connectivity index (χ0v) is 31.0. The number of carbonyl (C=O) groups excluding carboxylic acids is 3. The molecule has 2 fully saturated rings. The first kappa shape index (κ1) is 37.8. The number of carbonyl (C=O) groups is 3. The van der Waals surface area contributed by atoms with E-state index in [9.17, 15) is 14.4 Å². The third-order valence-electron chi connectivity index (χ3n) is 8.81. The maximum absolute atomic E-state index is 14.1. The fourth-order valence-corrected chi connectivity index (χ4v) is 7.25. The van der Waals surface area contributed by atoms with Crippen LogP contribution in [0.4, 0.5) is 5.82 Å². The first-order valence-corrected chi connectivity index (χ1v) is 17.6. The average Bonchev–Trinajstić information content (AvgIpc) is 3.28. The summed E-state index contributed by atoms with van der Waals surface area (Å²) in [5.41, 5.74) is -3.33.